The van der Waals surface area contributed by atoms with Crippen LogP contribution in [0.5, 0.6) is 0 Å². The van der Waals surface area contributed by atoms with Gasteiger partial charge in [-0.25, -0.2) is 4.39 Å². The summed E-state index contributed by atoms with van der Waals surface area (Å²) in [5.74, 6) is -0.723. The van der Waals surface area contributed by atoms with Crippen LogP contribution < -0.4 is 10.6 Å². The molecule has 1 saturated heterocycles. The Morgan fingerprint density at radius 1 is 1.18 bits per heavy atom. The number of aromatic nitrogens is 2. The van der Waals surface area contributed by atoms with Crippen molar-refractivity contribution in [3.05, 3.63) is 71.7 Å². The van der Waals surface area contributed by atoms with E-state index < -0.39 is 0 Å². The molecule has 2 heterocycles. The number of H-pyrrole nitrogens is 1. The molecule has 0 saturated carbocycles. The van der Waals surface area contributed by atoms with Gasteiger partial charge < -0.3 is 15.4 Å². The van der Waals surface area contributed by atoms with Gasteiger partial charge in [-0.3, -0.25) is 9.89 Å². The molecular formula is C20H20ClFN4O2. The van der Waals surface area contributed by atoms with E-state index in [2.05, 4.69) is 20.8 Å². The second-order valence-electron chi connectivity index (χ2n) is 6.29. The van der Waals surface area contributed by atoms with Crippen molar-refractivity contribution in [2.24, 2.45) is 0 Å². The molecule has 6 nitrogen and oxygen atoms in total. The van der Waals surface area contributed by atoms with E-state index in [9.17, 15) is 9.18 Å². The first-order valence-corrected chi connectivity index (χ1v) is 8.74. The lowest BCUT2D eigenvalue weighted by Gasteiger charge is -2.24. The Balaban J connectivity index is 0.00000225. The summed E-state index contributed by atoms with van der Waals surface area (Å²) in [5.41, 5.74) is 2.71. The Bertz CT molecular complexity index is 939. The fourth-order valence-corrected chi connectivity index (χ4v) is 3.00. The maximum Gasteiger partial charge on any atom is 0.273 e. The molecule has 2 aromatic carbocycles. The molecule has 8 heteroatoms. The number of carbonyl (C=O) groups excluding carboxylic acids is 1. The molecule has 1 aliphatic rings. The normalized spacial score (nSPS) is 16.2. The number of hydrogen-bond donors (Lipinski definition) is 3. The first-order valence-electron chi connectivity index (χ1n) is 8.74. The van der Waals surface area contributed by atoms with Gasteiger partial charge in [0.1, 0.15) is 11.5 Å². The first-order chi connectivity index (χ1) is 13.2. The van der Waals surface area contributed by atoms with Crippen molar-refractivity contribution in [3.63, 3.8) is 0 Å². The molecule has 0 spiro atoms. The molecule has 1 atom stereocenters. The third kappa shape index (κ3) is 4.39. The standard InChI is InChI=1S/C20H19FN4O2.ClH/c21-16-4-2-1-3-15(16)17-11-18(25-24-17)20(26)23-14-7-5-13(6-8-14)19-12-22-9-10-27-19;/h1-8,11,19,22H,9-10,12H2,(H,23,26)(H,24,25);1H. The van der Waals surface area contributed by atoms with Crippen LogP contribution >= 0.6 is 12.4 Å². The topological polar surface area (TPSA) is 79.0 Å². The van der Waals surface area contributed by atoms with Gasteiger partial charge in [0.2, 0.25) is 0 Å². The van der Waals surface area contributed by atoms with Gasteiger partial charge in [0.15, 0.2) is 0 Å². The van der Waals surface area contributed by atoms with E-state index in [1.807, 2.05) is 24.3 Å². The molecule has 1 aromatic heterocycles. The quantitative estimate of drug-likeness (QED) is 0.623. The van der Waals surface area contributed by atoms with Crippen molar-refractivity contribution in [2.45, 2.75) is 6.10 Å². The summed E-state index contributed by atoms with van der Waals surface area (Å²) in [6.45, 7) is 2.33. The lowest BCUT2D eigenvalue weighted by atomic mass is 10.1. The summed E-state index contributed by atoms with van der Waals surface area (Å²) in [7, 11) is 0. The van der Waals surface area contributed by atoms with Crippen molar-refractivity contribution in [2.75, 3.05) is 25.0 Å². The molecule has 1 aliphatic heterocycles. The molecule has 3 aromatic rings. The Morgan fingerprint density at radius 3 is 2.68 bits per heavy atom. The molecule has 1 unspecified atom stereocenters. The number of hydrogen-bond acceptors (Lipinski definition) is 4. The highest BCUT2D eigenvalue weighted by Gasteiger charge is 2.16. The molecule has 4 rings (SSSR count). The second-order valence-corrected chi connectivity index (χ2v) is 6.29. The minimum absolute atomic E-state index is 0. The molecule has 146 valence electrons. The Morgan fingerprint density at radius 2 is 1.96 bits per heavy atom. The third-order valence-corrected chi connectivity index (χ3v) is 4.44. The highest BCUT2D eigenvalue weighted by atomic mass is 35.5. The fourth-order valence-electron chi connectivity index (χ4n) is 3.00. The number of morpholine rings is 1. The van der Waals surface area contributed by atoms with Crippen LogP contribution in [0.15, 0.2) is 54.6 Å². The zero-order chi connectivity index (χ0) is 18.6. The summed E-state index contributed by atoms with van der Waals surface area (Å²) in [4.78, 5) is 12.4. The average Bonchev–Trinajstić information content (AvgIpc) is 3.20. The summed E-state index contributed by atoms with van der Waals surface area (Å²) in [6.07, 6.45) is 0.0273. The predicted molar refractivity (Wildman–Crippen MR) is 107 cm³/mol. The lowest BCUT2D eigenvalue weighted by molar-refractivity contribution is 0.0277. The zero-order valence-electron chi connectivity index (χ0n) is 14.9. The van der Waals surface area contributed by atoms with Crippen molar-refractivity contribution in [1.29, 1.82) is 0 Å². The summed E-state index contributed by atoms with van der Waals surface area (Å²) < 4.78 is 19.6. The van der Waals surface area contributed by atoms with Crippen LogP contribution in [0.25, 0.3) is 11.3 Å². The van der Waals surface area contributed by atoms with Gasteiger partial charge >= 0.3 is 0 Å². The number of ether oxygens (including phenoxy) is 1. The van der Waals surface area contributed by atoms with E-state index in [0.717, 1.165) is 18.7 Å². The van der Waals surface area contributed by atoms with Crippen LogP contribution in [0.1, 0.15) is 22.2 Å². The van der Waals surface area contributed by atoms with E-state index in [-0.39, 0.29) is 35.9 Å². The molecular weight excluding hydrogens is 383 g/mol. The number of benzene rings is 2. The number of aromatic amines is 1. The third-order valence-electron chi connectivity index (χ3n) is 4.44. The molecule has 0 bridgehead atoms. The van der Waals surface area contributed by atoms with Gasteiger partial charge in [0.25, 0.3) is 5.91 Å². The number of nitrogens with zero attached hydrogens (tertiary/aromatic N) is 1. The van der Waals surface area contributed by atoms with E-state index >= 15 is 0 Å². The van der Waals surface area contributed by atoms with Crippen molar-refractivity contribution in [1.82, 2.24) is 15.5 Å². The average molecular weight is 403 g/mol. The van der Waals surface area contributed by atoms with Gasteiger partial charge in [-0.05, 0) is 35.9 Å². The minimum atomic E-state index is -0.383. The Hall–Kier alpha value is -2.74. The SMILES string of the molecule is Cl.O=C(Nc1ccc(C2CNCCO2)cc1)c1cc(-c2ccccc2F)n[nH]1. The van der Waals surface area contributed by atoms with Crippen LogP contribution in [-0.4, -0.2) is 35.8 Å². The zero-order valence-corrected chi connectivity index (χ0v) is 15.8. The van der Waals surface area contributed by atoms with E-state index in [0.29, 0.717) is 23.6 Å². The number of carbonyl (C=O) groups is 1. The molecule has 1 fully saturated rings. The van der Waals surface area contributed by atoms with Crippen LogP contribution in [0.4, 0.5) is 10.1 Å². The molecule has 3 N–H and O–H groups in total. The molecule has 0 radical (unpaired) electrons. The van der Waals surface area contributed by atoms with Crippen molar-refractivity contribution < 1.29 is 13.9 Å². The van der Waals surface area contributed by atoms with Crippen molar-refractivity contribution in [3.8, 4) is 11.3 Å². The van der Waals surface area contributed by atoms with Gasteiger partial charge in [-0.2, -0.15) is 5.10 Å². The summed E-state index contributed by atoms with van der Waals surface area (Å²) in [5, 5.41) is 12.8. The first kappa shape index (κ1) is 20.0. The highest BCUT2D eigenvalue weighted by molar-refractivity contribution is 6.03. The van der Waals surface area contributed by atoms with Crippen molar-refractivity contribution >= 4 is 24.0 Å². The largest absolute Gasteiger partial charge is 0.371 e. The van der Waals surface area contributed by atoms with Gasteiger partial charge in [-0.1, -0.05) is 24.3 Å². The van der Waals surface area contributed by atoms with Crippen LogP contribution in [0.3, 0.4) is 0 Å². The van der Waals surface area contributed by atoms with Crippen LogP contribution in [0, 0.1) is 5.82 Å². The molecule has 28 heavy (non-hydrogen) atoms. The minimum Gasteiger partial charge on any atom is -0.371 e. The fraction of sp³-hybridized carbons (Fsp3) is 0.200. The number of amides is 1. The molecule has 0 aliphatic carbocycles. The number of halogens is 2. The number of rotatable bonds is 4. The van der Waals surface area contributed by atoms with E-state index in [4.69, 9.17) is 4.74 Å². The second kappa shape index (κ2) is 8.97. The summed E-state index contributed by atoms with van der Waals surface area (Å²) >= 11 is 0. The van der Waals surface area contributed by atoms with Gasteiger partial charge in [-0.15, -0.1) is 12.4 Å². The maximum absolute atomic E-state index is 13.9. The predicted octanol–water partition coefficient (Wildman–Crippen LogP) is 3.55. The molecule has 1 amide bonds. The Labute approximate surface area is 167 Å². The van der Waals surface area contributed by atoms with Crippen LogP contribution in [-0.2, 0) is 4.74 Å². The number of anilines is 1. The lowest BCUT2D eigenvalue weighted by Crippen LogP contribution is -2.33. The van der Waals surface area contributed by atoms with Gasteiger partial charge in [0.05, 0.1) is 18.4 Å². The smallest absolute Gasteiger partial charge is 0.273 e. The number of nitrogens with one attached hydrogen (secondary N) is 3. The van der Waals surface area contributed by atoms with E-state index in [1.165, 1.54) is 12.1 Å². The highest BCUT2D eigenvalue weighted by Crippen LogP contribution is 2.23. The van der Waals surface area contributed by atoms with E-state index in [1.54, 1.807) is 18.2 Å². The van der Waals surface area contributed by atoms with Crippen LogP contribution in [0.2, 0.25) is 0 Å². The maximum atomic E-state index is 13.9. The Kier molecular flexibility index (Phi) is 6.41. The van der Waals surface area contributed by atoms with Gasteiger partial charge in [0, 0.05) is 24.3 Å². The summed E-state index contributed by atoms with van der Waals surface area (Å²) in [6, 6.07) is 15.4. The monoisotopic (exact) mass is 402 g/mol.